The number of allylic oxidation sites excluding steroid dienone is 2. The van der Waals surface area contributed by atoms with E-state index in [2.05, 4.69) is 6.58 Å². The van der Waals surface area contributed by atoms with Crippen molar-refractivity contribution in [2.45, 2.75) is 6.92 Å². The summed E-state index contributed by atoms with van der Waals surface area (Å²) >= 11 is 2.03. The van der Waals surface area contributed by atoms with Gasteiger partial charge in [-0.05, 0) is 35.1 Å². The zero-order valence-corrected chi connectivity index (χ0v) is 10.4. The van der Waals surface area contributed by atoms with Crippen molar-refractivity contribution in [2.75, 3.05) is 14.2 Å². The molecule has 0 unspecified atom stereocenters. The Morgan fingerprint density at radius 1 is 1.50 bits per heavy atom. The van der Waals surface area contributed by atoms with Crippen LogP contribution < -0.4 is 0 Å². The second-order valence-electron chi connectivity index (χ2n) is 2.16. The van der Waals surface area contributed by atoms with Gasteiger partial charge in [0.2, 0.25) is 0 Å². The van der Waals surface area contributed by atoms with Crippen LogP contribution in [0.2, 0.25) is 0 Å². The lowest BCUT2D eigenvalue weighted by molar-refractivity contribution is 0.286. The maximum absolute atomic E-state index is 11.5. The van der Waals surface area contributed by atoms with Crippen LogP contribution in [-0.2, 0) is 13.6 Å². The third-order valence-electron chi connectivity index (χ3n) is 1.19. The van der Waals surface area contributed by atoms with Crippen molar-refractivity contribution in [3.8, 4) is 0 Å². The molecule has 0 aromatic heterocycles. The van der Waals surface area contributed by atoms with E-state index in [4.69, 9.17) is 9.05 Å². The van der Waals surface area contributed by atoms with Crippen molar-refractivity contribution in [1.82, 2.24) is 0 Å². The fourth-order valence-corrected chi connectivity index (χ4v) is 2.31. The van der Waals surface area contributed by atoms with E-state index in [0.717, 1.165) is 9.15 Å². The molecule has 0 aromatic rings. The molecule has 0 saturated carbocycles. The molecule has 0 aromatic carbocycles. The lowest BCUT2D eigenvalue weighted by atomic mass is 10.4. The molecule has 0 heterocycles. The number of hydrogen-bond donors (Lipinski definition) is 0. The third kappa shape index (κ3) is 3.85. The van der Waals surface area contributed by atoms with E-state index in [-0.39, 0.29) is 0 Å². The van der Waals surface area contributed by atoms with E-state index in [9.17, 15) is 4.57 Å². The Hall–Kier alpha value is 0.360. The van der Waals surface area contributed by atoms with Crippen LogP contribution in [-0.4, -0.2) is 14.2 Å². The van der Waals surface area contributed by atoms with Crippen LogP contribution in [0.4, 0.5) is 0 Å². The highest BCUT2D eigenvalue weighted by Gasteiger charge is 2.17. The predicted octanol–water partition coefficient (Wildman–Crippen LogP) is 3.32. The molecule has 0 spiro atoms. The van der Waals surface area contributed by atoms with Crippen LogP contribution >= 0.6 is 30.2 Å². The van der Waals surface area contributed by atoms with E-state index in [1.807, 2.05) is 29.5 Å². The molecule has 0 aliphatic rings. The van der Waals surface area contributed by atoms with Crippen molar-refractivity contribution >= 4 is 30.2 Å². The molecule has 0 rings (SSSR count). The third-order valence-corrected chi connectivity index (χ3v) is 4.51. The van der Waals surface area contributed by atoms with Crippen LogP contribution in [0, 0.1) is 0 Å². The van der Waals surface area contributed by atoms with Crippen molar-refractivity contribution in [3.05, 3.63) is 21.5 Å². The number of rotatable bonds is 4. The van der Waals surface area contributed by atoms with Gasteiger partial charge in [-0.2, -0.15) is 0 Å². The first-order valence-corrected chi connectivity index (χ1v) is 5.89. The Labute approximate surface area is 86.5 Å². The molecule has 0 bridgehead atoms. The molecule has 70 valence electrons. The second kappa shape index (κ2) is 5.17. The first-order chi connectivity index (χ1) is 5.45. The summed E-state index contributed by atoms with van der Waals surface area (Å²) in [6, 6.07) is 0. The summed E-state index contributed by atoms with van der Waals surface area (Å²) in [4.78, 5) is 0. The lowest BCUT2D eigenvalue weighted by Crippen LogP contribution is -1.85. The molecule has 0 amide bonds. The molecular weight excluding hydrogens is 290 g/mol. The Bertz CT molecular complexity index is 239. The topological polar surface area (TPSA) is 35.5 Å². The maximum Gasteiger partial charge on any atom is 0.354 e. The van der Waals surface area contributed by atoms with Crippen molar-refractivity contribution in [2.24, 2.45) is 0 Å². The summed E-state index contributed by atoms with van der Waals surface area (Å²) in [7, 11) is -0.321. The quantitative estimate of drug-likeness (QED) is 0.454. The normalized spacial score (nSPS) is 13.2. The Morgan fingerprint density at radius 3 is 2.17 bits per heavy atom. The van der Waals surface area contributed by atoms with Crippen molar-refractivity contribution in [1.29, 1.82) is 0 Å². The maximum atomic E-state index is 11.5. The van der Waals surface area contributed by atoms with Gasteiger partial charge in [-0.25, -0.2) is 0 Å². The molecule has 0 fully saturated rings. The van der Waals surface area contributed by atoms with Gasteiger partial charge in [0, 0.05) is 23.6 Å². The summed E-state index contributed by atoms with van der Waals surface area (Å²) in [5, 5.41) is 0. The minimum absolute atomic E-state index is 0.791. The molecule has 3 nitrogen and oxygen atoms in total. The SMILES string of the molecule is C=C(C)/C(I)=C/P(=O)(OC)OC. The molecule has 0 N–H and O–H groups in total. The molecular formula is C7H12IO3P. The van der Waals surface area contributed by atoms with Gasteiger partial charge in [0.1, 0.15) is 0 Å². The fourth-order valence-electron chi connectivity index (χ4n) is 0.429. The first-order valence-electron chi connectivity index (χ1n) is 3.20. The van der Waals surface area contributed by atoms with Crippen LogP contribution in [0.25, 0.3) is 0 Å². The first kappa shape index (κ1) is 12.4. The molecule has 0 saturated heterocycles. The summed E-state index contributed by atoms with van der Waals surface area (Å²) in [6.07, 6.45) is 0. The average molecular weight is 302 g/mol. The van der Waals surface area contributed by atoms with Crippen LogP contribution in [0.5, 0.6) is 0 Å². The molecule has 0 aliphatic heterocycles. The summed E-state index contributed by atoms with van der Waals surface area (Å²) in [5.41, 5.74) is 0.838. The van der Waals surface area contributed by atoms with Crippen LogP contribution in [0.3, 0.4) is 0 Å². The minimum Gasteiger partial charge on any atom is -0.309 e. The van der Waals surface area contributed by atoms with Gasteiger partial charge in [0.15, 0.2) is 0 Å². The molecule has 0 atom stereocenters. The van der Waals surface area contributed by atoms with E-state index in [1.165, 1.54) is 20.0 Å². The highest BCUT2D eigenvalue weighted by molar-refractivity contribution is 14.1. The zero-order valence-electron chi connectivity index (χ0n) is 7.33. The molecule has 0 radical (unpaired) electrons. The van der Waals surface area contributed by atoms with Gasteiger partial charge >= 0.3 is 7.60 Å². The summed E-state index contributed by atoms with van der Waals surface area (Å²) in [6.45, 7) is 5.53. The Balaban J connectivity index is 4.70. The zero-order chi connectivity index (χ0) is 9.78. The standard InChI is InChI=1S/C7H12IO3P/c1-6(2)7(8)5-12(9,10-3)11-4/h5H,1H2,2-4H3/b7-5-. The van der Waals surface area contributed by atoms with Gasteiger partial charge in [-0.15, -0.1) is 0 Å². The average Bonchev–Trinajstić information content (AvgIpc) is 2.04. The van der Waals surface area contributed by atoms with Gasteiger partial charge in [0.25, 0.3) is 0 Å². The lowest BCUT2D eigenvalue weighted by Gasteiger charge is -2.09. The van der Waals surface area contributed by atoms with Gasteiger partial charge in [0.05, 0.1) is 0 Å². The highest BCUT2D eigenvalue weighted by atomic mass is 127. The molecule has 12 heavy (non-hydrogen) atoms. The fraction of sp³-hybridized carbons (Fsp3) is 0.429. The molecule has 5 heteroatoms. The summed E-state index contributed by atoms with van der Waals surface area (Å²) < 4.78 is 21.7. The number of halogens is 1. The van der Waals surface area contributed by atoms with Crippen molar-refractivity contribution in [3.63, 3.8) is 0 Å². The van der Waals surface area contributed by atoms with Crippen LogP contribution in [0.1, 0.15) is 6.92 Å². The minimum atomic E-state index is -3.02. The smallest absolute Gasteiger partial charge is 0.309 e. The van der Waals surface area contributed by atoms with E-state index < -0.39 is 7.60 Å². The van der Waals surface area contributed by atoms with Crippen LogP contribution in [0.15, 0.2) is 21.5 Å². The van der Waals surface area contributed by atoms with Gasteiger partial charge < -0.3 is 9.05 Å². The largest absolute Gasteiger partial charge is 0.354 e. The second-order valence-corrected chi connectivity index (χ2v) is 5.39. The van der Waals surface area contributed by atoms with Gasteiger partial charge in [-0.1, -0.05) is 6.58 Å². The van der Waals surface area contributed by atoms with E-state index in [1.54, 1.807) is 0 Å². The Morgan fingerprint density at radius 2 is 1.92 bits per heavy atom. The Kier molecular flexibility index (Phi) is 5.32. The number of hydrogen-bond acceptors (Lipinski definition) is 3. The van der Waals surface area contributed by atoms with Crippen molar-refractivity contribution < 1.29 is 13.6 Å². The predicted molar refractivity (Wildman–Crippen MR) is 58.5 cm³/mol. The summed E-state index contributed by atoms with van der Waals surface area (Å²) in [5.74, 6) is 1.45. The highest BCUT2D eigenvalue weighted by Crippen LogP contribution is 2.50. The monoisotopic (exact) mass is 302 g/mol. The molecule has 0 aliphatic carbocycles. The van der Waals surface area contributed by atoms with E-state index >= 15 is 0 Å². The van der Waals surface area contributed by atoms with Gasteiger partial charge in [-0.3, -0.25) is 4.57 Å². The van der Waals surface area contributed by atoms with E-state index in [0.29, 0.717) is 0 Å².